The summed E-state index contributed by atoms with van der Waals surface area (Å²) in [4.78, 5) is 12.0. The third kappa shape index (κ3) is 4.65. The van der Waals surface area contributed by atoms with E-state index in [1.165, 1.54) is 0 Å². The molecule has 1 aromatic rings. The van der Waals surface area contributed by atoms with Crippen LogP contribution in [0.4, 0.5) is 5.69 Å². The molecule has 24 heavy (non-hydrogen) atoms. The van der Waals surface area contributed by atoms with Crippen molar-refractivity contribution in [2.45, 2.75) is 20.3 Å². The smallest absolute Gasteiger partial charge is 0.257 e. The molecule has 3 N–H and O–H groups in total. The van der Waals surface area contributed by atoms with E-state index in [4.69, 9.17) is 4.74 Å². The number of methoxy groups -OCH3 is 1. The van der Waals surface area contributed by atoms with Gasteiger partial charge in [-0.05, 0) is 38.0 Å². The zero-order valence-electron chi connectivity index (χ0n) is 14.5. The average molecular weight is 327 g/mol. The Labute approximate surface area is 143 Å². The standard InChI is InChI=1S/C19H25N3O2/c1-13(2)15-10-9-14(3)17(11-15)21-22-19(23)12-20-16-7-5-6-8-18(16)24-4/h5-9,11,15,20-21H,1,10,12H2,2-4H3,(H,22,23). The lowest BCUT2D eigenvalue weighted by Crippen LogP contribution is -2.41. The maximum Gasteiger partial charge on any atom is 0.257 e. The summed E-state index contributed by atoms with van der Waals surface area (Å²) in [5, 5.41) is 3.06. The van der Waals surface area contributed by atoms with Gasteiger partial charge in [-0.25, -0.2) is 0 Å². The third-order valence-corrected chi connectivity index (χ3v) is 3.99. The Hall–Kier alpha value is -2.69. The van der Waals surface area contributed by atoms with Crippen molar-refractivity contribution in [1.82, 2.24) is 10.9 Å². The quantitative estimate of drug-likeness (QED) is 0.532. The molecule has 128 valence electrons. The number of carbonyl (C=O) groups excluding carboxylic acids is 1. The Balaban J connectivity index is 1.87. The minimum Gasteiger partial charge on any atom is -0.495 e. The first kappa shape index (κ1) is 17.7. The van der Waals surface area contributed by atoms with E-state index in [-0.39, 0.29) is 12.5 Å². The van der Waals surface area contributed by atoms with Crippen molar-refractivity contribution in [3.63, 3.8) is 0 Å². The minimum atomic E-state index is -0.160. The van der Waals surface area contributed by atoms with E-state index in [9.17, 15) is 4.79 Å². The fourth-order valence-electron chi connectivity index (χ4n) is 2.45. The summed E-state index contributed by atoms with van der Waals surface area (Å²) in [7, 11) is 1.60. The molecule has 1 amide bonds. The van der Waals surface area contributed by atoms with Gasteiger partial charge in [0, 0.05) is 5.92 Å². The van der Waals surface area contributed by atoms with Crippen LogP contribution in [0.1, 0.15) is 20.3 Å². The van der Waals surface area contributed by atoms with Gasteiger partial charge in [-0.15, -0.1) is 0 Å². The van der Waals surface area contributed by atoms with Gasteiger partial charge in [0.1, 0.15) is 5.75 Å². The van der Waals surface area contributed by atoms with Gasteiger partial charge in [-0.1, -0.05) is 36.4 Å². The van der Waals surface area contributed by atoms with E-state index in [0.29, 0.717) is 11.7 Å². The van der Waals surface area contributed by atoms with Gasteiger partial charge in [0.15, 0.2) is 0 Å². The van der Waals surface area contributed by atoms with Gasteiger partial charge < -0.3 is 10.1 Å². The highest BCUT2D eigenvalue weighted by Gasteiger charge is 2.14. The Kier molecular flexibility index (Phi) is 6.07. The molecule has 0 saturated carbocycles. The monoisotopic (exact) mass is 327 g/mol. The molecule has 5 heteroatoms. The molecule has 1 aromatic carbocycles. The number of ether oxygens (including phenoxy) is 1. The highest BCUT2D eigenvalue weighted by Crippen LogP contribution is 2.25. The second kappa shape index (κ2) is 8.24. The van der Waals surface area contributed by atoms with E-state index in [0.717, 1.165) is 29.0 Å². The van der Waals surface area contributed by atoms with Gasteiger partial charge in [-0.3, -0.25) is 15.6 Å². The van der Waals surface area contributed by atoms with Crippen molar-refractivity contribution in [2.24, 2.45) is 5.92 Å². The van der Waals surface area contributed by atoms with Crippen molar-refractivity contribution in [1.29, 1.82) is 0 Å². The molecule has 0 aromatic heterocycles. The summed E-state index contributed by atoms with van der Waals surface area (Å²) in [6.07, 6.45) is 5.21. The highest BCUT2D eigenvalue weighted by molar-refractivity contribution is 5.81. The Morgan fingerprint density at radius 2 is 2.12 bits per heavy atom. The molecule has 1 unspecified atom stereocenters. The number of hydrogen-bond acceptors (Lipinski definition) is 4. The van der Waals surface area contributed by atoms with E-state index in [2.05, 4.69) is 34.9 Å². The maximum atomic E-state index is 12.0. The molecule has 0 radical (unpaired) electrons. The molecule has 0 aliphatic heterocycles. The molecular formula is C19H25N3O2. The molecule has 2 rings (SSSR count). The number of hydrogen-bond donors (Lipinski definition) is 3. The van der Waals surface area contributed by atoms with Crippen LogP contribution in [0.5, 0.6) is 5.75 Å². The summed E-state index contributed by atoms with van der Waals surface area (Å²) in [6.45, 7) is 8.19. The number of anilines is 1. The number of para-hydroxylation sites is 2. The van der Waals surface area contributed by atoms with Crippen molar-refractivity contribution >= 4 is 11.6 Å². The Morgan fingerprint density at radius 3 is 2.83 bits per heavy atom. The molecule has 0 fully saturated rings. The van der Waals surface area contributed by atoms with Crippen LogP contribution in [0.15, 0.2) is 59.8 Å². The molecule has 1 aliphatic carbocycles. The van der Waals surface area contributed by atoms with Crippen LogP contribution in [0.3, 0.4) is 0 Å². The fraction of sp³-hybridized carbons (Fsp3) is 0.316. The zero-order chi connectivity index (χ0) is 17.5. The van der Waals surface area contributed by atoms with Gasteiger partial charge >= 0.3 is 0 Å². The first-order chi connectivity index (χ1) is 11.5. The predicted molar refractivity (Wildman–Crippen MR) is 97.5 cm³/mol. The van der Waals surface area contributed by atoms with Gasteiger partial charge in [0.2, 0.25) is 0 Å². The van der Waals surface area contributed by atoms with Crippen molar-refractivity contribution in [2.75, 3.05) is 19.0 Å². The number of rotatable bonds is 7. The first-order valence-electron chi connectivity index (χ1n) is 7.97. The second-order valence-electron chi connectivity index (χ2n) is 5.88. The Morgan fingerprint density at radius 1 is 1.38 bits per heavy atom. The van der Waals surface area contributed by atoms with Crippen LogP contribution in [0, 0.1) is 5.92 Å². The molecule has 0 spiro atoms. The number of benzene rings is 1. The van der Waals surface area contributed by atoms with Crippen LogP contribution in [0.25, 0.3) is 0 Å². The summed E-state index contributed by atoms with van der Waals surface area (Å²) < 4.78 is 5.25. The van der Waals surface area contributed by atoms with Gasteiger partial charge in [-0.2, -0.15) is 0 Å². The molecule has 5 nitrogen and oxygen atoms in total. The van der Waals surface area contributed by atoms with Crippen LogP contribution in [0.2, 0.25) is 0 Å². The summed E-state index contributed by atoms with van der Waals surface area (Å²) in [5.41, 5.74) is 9.65. The first-order valence-corrected chi connectivity index (χ1v) is 7.97. The number of amides is 1. The number of carbonyl (C=O) groups is 1. The number of hydrazine groups is 1. The Bertz CT molecular complexity index is 677. The fourth-order valence-corrected chi connectivity index (χ4v) is 2.45. The van der Waals surface area contributed by atoms with Crippen molar-refractivity contribution in [3.8, 4) is 5.75 Å². The topological polar surface area (TPSA) is 62.4 Å². The van der Waals surface area contributed by atoms with Gasteiger partial charge in [0.05, 0.1) is 25.0 Å². The third-order valence-electron chi connectivity index (χ3n) is 3.99. The molecule has 0 bridgehead atoms. The largest absolute Gasteiger partial charge is 0.495 e. The molecule has 1 aliphatic rings. The van der Waals surface area contributed by atoms with E-state index in [1.807, 2.05) is 38.1 Å². The average Bonchev–Trinajstić information content (AvgIpc) is 2.59. The normalized spacial score (nSPS) is 16.5. The van der Waals surface area contributed by atoms with E-state index in [1.54, 1.807) is 7.11 Å². The maximum absolute atomic E-state index is 12.0. The highest BCUT2D eigenvalue weighted by atomic mass is 16.5. The molecule has 0 heterocycles. The van der Waals surface area contributed by atoms with Crippen molar-refractivity contribution in [3.05, 3.63) is 59.8 Å². The van der Waals surface area contributed by atoms with Crippen LogP contribution in [-0.2, 0) is 4.79 Å². The lowest BCUT2D eigenvalue weighted by atomic mass is 9.90. The summed E-state index contributed by atoms with van der Waals surface area (Å²) >= 11 is 0. The van der Waals surface area contributed by atoms with Crippen molar-refractivity contribution < 1.29 is 9.53 Å². The van der Waals surface area contributed by atoms with E-state index >= 15 is 0 Å². The van der Waals surface area contributed by atoms with Crippen LogP contribution in [-0.4, -0.2) is 19.6 Å². The lowest BCUT2D eigenvalue weighted by molar-refractivity contribution is -0.120. The van der Waals surface area contributed by atoms with E-state index < -0.39 is 0 Å². The van der Waals surface area contributed by atoms with Crippen LogP contribution >= 0.6 is 0 Å². The molecule has 1 atom stereocenters. The number of allylic oxidation sites excluding steroid dienone is 4. The predicted octanol–water partition coefficient (Wildman–Crippen LogP) is 3.15. The second-order valence-corrected chi connectivity index (χ2v) is 5.88. The van der Waals surface area contributed by atoms with Crippen LogP contribution < -0.4 is 20.9 Å². The number of nitrogens with one attached hydrogen (secondary N) is 3. The molecular weight excluding hydrogens is 302 g/mol. The SMILES string of the molecule is C=C(C)C1C=C(NNC(=O)CNc2ccccc2OC)C(C)=CC1. The van der Waals surface area contributed by atoms with Gasteiger partial charge in [0.25, 0.3) is 5.91 Å². The summed E-state index contributed by atoms with van der Waals surface area (Å²) in [6, 6.07) is 7.48. The minimum absolute atomic E-state index is 0.146. The molecule has 0 saturated heterocycles. The lowest BCUT2D eigenvalue weighted by Gasteiger charge is -2.22. The summed E-state index contributed by atoms with van der Waals surface area (Å²) in [5.74, 6) is 0.850. The zero-order valence-corrected chi connectivity index (χ0v) is 14.5.